The maximum atomic E-state index is 12.2. The predicted molar refractivity (Wildman–Crippen MR) is 132 cm³/mol. The van der Waals surface area contributed by atoms with Gasteiger partial charge in [-0.3, -0.25) is 4.21 Å². The van der Waals surface area contributed by atoms with Crippen LogP contribution < -0.4 is 10.6 Å². The van der Waals surface area contributed by atoms with Gasteiger partial charge in [-0.25, -0.2) is 4.52 Å². The number of hydrogen-bond acceptors (Lipinski definition) is 5. The number of fused-ring (bicyclic) bond motifs is 1. The van der Waals surface area contributed by atoms with Crippen molar-refractivity contribution in [2.24, 2.45) is 0 Å². The van der Waals surface area contributed by atoms with Crippen molar-refractivity contribution >= 4 is 32.7 Å². The molecule has 0 aliphatic carbocycles. The lowest BCUT2D eigenvalue weighted by Crippen LogP contribution is -2.26. The minimum Gasteiger partial charge on any atom is -0.323 e. The molecule has 1 atom stereocenters. The SMILES string of the molecule is C=S(C)(=O)c1ccc(-c2cccn3nc(Nc4cccc(C5CCNCC5)c4)nc23)cc1. The van der Waals surface area contributed by atoms with Crippen LogP contribution >= 0.6 is 0 Å². The average molecular weight is 446 g/mol. The van der Waals surface area contributed by atoms with Gasteiger partial charge in [0.2, 0.25) is 5.95 Å². The molecule has 0 bridgehead atoms. The Bertz CT molecular complexity index is 1350. The highest BCUT2D eigenvalue weighted by molar-refractivity contribution is 7.99. The first kappa shape index (κ1) is 20.7. The first-order valence-corrected chi connectivity index (χ1v) is 13.0. The molecule has 3 heterocycles. The molecule has 2 aromatic heterocycles. The first-order chi connectivity index (χ1) is 15.5. The molecule has 0 saturated carbocycles. The number of rotatable bonds is 5. The number of pyridine rings is 1. The van der Waals surface area contributed by atoms with Crippen molar-refractivity contribution in [1.29, 1.82) is 0 Å². The van der Waals surface area contributed by atoms with Crippen LogP contribution in [0.2, 0.25) is 0 Å². The lowest BCUT2D eigenvalue weighted by Gasteiger charge is -2.23. The Morgan fingerprint density at radius 2 is 1.88 bits per heavy atom. The van der Waals surface area contributed by atoms with Gasteiger partial charge in [-0.15, -0.1) is 5.10 Å². The molecule has 6 nitrogen and oxygen atoms in total. The van der Waals surface area contributed by atoms with E-state index in [2.05, 4.69) is 45.9 Å². The monoisotopic (exact) mass is 445 g/mol. The van der Waals surface area contributed by atoms with Crippen LogP contribution in [0.4, 0.5) is 11.6 Å². The van der Waals surface area contributed by atoms with E-state index < -0.39 is 9.52 Å². The fourth-order valence-corrected chi connectivity index (χ4v) is 4.97. The Morgan fingerprint density at radius 3 is 2.62 bits per heavy atom. The number of benzene rings is 2. The highest BCUT2D eigenvalue weighted by Gasteiger charge is 2.16. The lowest BCUT2D eigenvalue weighted by molar-refractivity contribution is 0.460. The van der Waals surface area contributed by atoms with Gasteiger partial charge >= 0.3 is 0 Å². The molecule has 1 fully saturated rings. The van der Waals surface area contributed by atoms with Crippen molar-refractivity contribution in [2.45, 2.75) is 23.7 Å². The zero-order valence-corrected chi connectivity index (χ0v) is 18.9. The minimum atomic E-state index is -2.23. The molecule has 2 aromatic carbocycles. The van der Waals surface area contributed by atoms with Gasteiger partial charge < -0.3 is 10.6 Å². The van der Waals surface area contributed by atoms with Crippen LogP contribution in [-0.4, -0.2) is 44.0 Å². The van der Waals surface area contributed by atoms with Crippen LogP contribution in [0.15, 0.2) is 71.8 Å². The molecule has 2 N–H and O–H groups in total. The summed E-state index contributed by atoms with van der Waals surface area (Å²) in [5.74, 6) is 4.92. The van der Waals surface area contributed by atoms with Gasteiger partial charge in [-0.1, -0.05) is 24.3 Å². The largest absolute Gasteiger partial charge is 0.323 e. The number of piperidine rings is 1. The smallest absolute Gasteiger partial charge is 0.247 e. The van der Waals surface area contributed by atoms with Crippen molar-refractivity contribution in [3.8, 4) is 11.1 Å². The van der Waals surface area contributed by atoms with Crippen molar-refractivity contribution in [1.82, 2.24) is 19.9 Å². The van der Waals surface area contributed by atoms with Crippen LogP contribution in [0.25, 0.3) is 16.8 Å². The summed E-state index contributed by atoms with van der Waals surface area (Å²) in [5.41, 5.74) is 5.09. The summed E-state index contributed by atoms with van der Waals surface area (Å²) in [6.45, 7) is 2.15. The molecule has 164 valence electrons. The van der Waals surface area contributed by atoms with E-state index in [0.717, 1.165) is 40.4 Å². The Balaban J connectivity index is 1.43. The summed E-state index contributed by atoms with van der Waals surface area (Å²) in [5, 5.41) is 11.4. The normalized spacial score (nSPS) is 16.7. The van der Waals surface area contributed by atoms with E-state index in [1.54, 1.807) is 10.8 Å². The van der Waals surface area contributed by atoms with Gasteiger partial charge in [-0.05, 0) is 94.8 Å². The molecule has 7 heteroatoms. The summed E-state index contributed by atoms with van der Waals surface area (Å²) in [4.78, 5) is 5.50. The third-order valence-corrected chi connectivity index (χ3v) is 7.25. The molecule has 4 aromatic rings. The fraction of sp³-hybridized carbons (Fsp3) is 0.240. The molecule has 1 aliphatic heterocycles. The first-order valence-electron chi connectivity index (χ1n) is 10.8. The second-order valence-electron chi connectivity index (χ2n) is 8.43. The van der Waals surface area contributed by atoms with E-state index in [1.165, 1.54) is 18.4 Å². The molecular formula is C25H27N5OS. The Morgan fingerprint density at radius 1 is 1.09 bits per heavy atom. The van der Waals surface area contributed by atoms with E-state index in [1.807, 2.05) is 42.6 Å². The number of nitrogens with zero attached hydrogens (tertiary/aromatic N) is 3. The topological polar surface area (TPSA) is 71.3 Å². The van der Waals surface area contributed by atoms with Crippen LogP contribution in [0.1, 0.15) is 24.3 Å². The maximum absolute atomic E-state index is 12.2. The molecule has 1 aliphatic rings. The van der Waals surface area contributed by atoms with Crippen molar-refractivity contribution in [2.75, 3.05) is 24.7 Å². The van der Waals surface area contributed by atoms with E-state index in [9.17, 15) is 4.21 Å². The lowest BCUT2D eigenvalue weighted by atomic mass is 9.90. The fourth-order valence-electron chi connectivity index (χ4n) is 4.26. The maximum Gasteiger partial charge on any atom is 0.247 e. The summed E-state index contributed by atoms with van der Waals surface area (Å²) < 4.78 is 14.0. The van der Waals surface area contributed by atoms with Crippen molar-refractivity contribution in [3.05, 3.63) is 72.4 Å². The third-order valence-electron chi connectivity index (χ3n) is 5.98. The quantitative estimate of drug-likeness (QED) is 0.448. The second-order valence-corrected chi connectivity index (χ2v) is 10.9. The molecule has 1 unspecified atom stereocenters. The van der Waals surface area contributed by atoms with Crippen LogP contribution in [-0.2, 0) is 9.52 Å². The highest BCUT2D eigenvalue weighted by Crippen LogP contribution is 2.29. The molecule has 1 saturated heterocycles. The Kier molecular flexibility index (Phi) is 5.45. The number of nitrogens with one attached hydrogen (secondary N) is 2. The summed E-state index contributed by atoms with van der Waals surface area (Å²) in [6, 6.07) is 20.2. The minimum absolute atomic E-state index is 0.561. The second kappa shape index (κ2) is 8.41. The van der Waals surface area contributed by atoms with E-state index in [-0.39, 0.29) is 0 Å². The number of hydrogen-bond donors (Lipinski definition) is 2. The predicted octanol–water partition coefficient (Wildman–Crippen LogP) is 4.31. The standard InChI is InChI=1S/C25H27N5OS/c1-32(2,31)22-10-8-19(9-11-22)23-7-4-16-30-24(23)28-25(29-30)27-21-6-3-5-20(17-21)18-12-14-26-15-13-18/h3-11,16-18,26H,1,12-15H2,2H3,(H,27,29). The number of anilines is 2. The van der Waals surface area contributed by atoms with Crippen LogP contribution in [0, 0.1) is 0 Å². The van der Waals surface area contributed by atoms with Gasteiger partial charge in [0.15, 0.2) is 5.65 Å². The molecule has 32 heavy (non-hydrogen) atoms. The third kappa shape index (κ3) is 4.26. The Hall–Kier alpha value is -3.16. The molecule has 0 radical (unpaired) electrons. The zero-order valence-electron chi connectivity index (χ0n) is 18.1. The van der Waals surface area contributed by atoms with Crippen molar-refractivity contribution < 1.29 is 4.21 Å². The van der Waals surface area contributed by atoms with Crippen molar-refractivity contribution in [3.63, 3.8) is 0 Å². The zero-order chi connectivity index (χ0) is 22.1. The van der Waals surface area contributed by atoms with E-state index >= 15 is 0 Å². The van der Waals surface area contributed by atoms with Crippen LogP contribution in [0.5, 0.6) is 0 Å². The van der Waals surface area contributed by atoms with Gasteiger partial charge in [0.1, 0.15) is 0 Å². The van der Waals surface area contributed by atoms with Gasteiger partial charge in [0.05, 0.1) is 0 Å². The number of aromatic nitrogens is 3. The van der Waals surface area contributed by atoms with E-state index in [4.69, 9.17) is 4.98 Å². The molecule has 5 rings (SSSR count). The molecule has 0 spiro atoms. The Labute approximate surface area is 188 Å². The highest BCUT2D eigenvalue weighted by atomic mass is 32.2. The van der Waals surface area contributed by atoms with Gasteiger partial charge in [-0.2, -0.15) is 4.98 Å². The molecular weight excluding hydrogens is 418 g/mol. The molecule has 0 amide bonds. The van der Waals surface area contributed by atoms with Gasteiger partial charge in [0, 0.05) is 28.6 Å². The van der Waals surface area contributed by atoms with Crippen LogP contribution in [0.3, 0.4) is 0 Å². The summed E-state index contributed by atoms with van der Waals surface area (Å²) >= 11 is 0. The van der Waals surface area contributed by atoms with Gasteiger partial charge in [0.25, 0.3) is 0 Å². The van der Waals surface area contributed by atoms with E-state index in [0.29, 0.717) is 11.9 Å². The summed E-state index contributed by atoms with van der Waals surface area (Å²) in [6.07, 6.45) is 5.88. The average Bonchev–Trinajstić information content (AvgIpc) is 3.22. The summed E-state index contributed by atoms with van der Waals surface area (Å²) in [7, 11) is -2.23.